The summed E-state index contributed by atoms with van der Waals surface area (Å²) in [6.45, 7) is 9.94. The zero-order chi connectivity index (χ0) is 18.6. The Morgan fingerprint density at radius 1 is 1.12 bits per heavy atom. The maximum Gasteiger partial charge on any atom is 0.417 e. The van der Waals surface area contributed by atoms with Crippen molar-refractivity contribution in [2.24, 2.45) is 0 Å². The van der Waals surface area contributed by atoms with E-state index >= 15 is 0 Å². The largest absolute Gasteiger partial charge is 0.446 e. The highest BCUT2D eigenvalue weighted by Crippen LogP contribution is 2.40. The van der Waals surface area contributed by atoms with Gasteiger partial charge in [0.1, 0.15) is 6.04 Å². The van der Waals surface area contributed by atoms with Crippen molar-refractivity contribution < 1.29 is 18.8 Å². The average molecular weight is 364 g/mol. The highest BCUT2D eigenvalue weighted by molar-refractivity contribution is 6.73. The number of β-lactam (4-membered cyclic amide) rings is 1. The summed E-state index contributed by atoms with van der Waals surface area (Å²) >= 11 is 0. The third kappa shape index (κ3) is 3.95. The van der Waals surface area contributed by atoms with Crippen LogP contribution in [0.1, 0.15) is 46.2 Å². The molecule has 1 aliphatic rings. The van der Waals surface area contributed by atoms with E-state index in [1.54, 1.807) is 13.8 Å². The number of amides is 2. The lowest BCUT2D eigenvalue weighted by atomic mass is 9.91. The van der Waals surface area contributed by atoms with Crippen LogP contribution in [0.2, 0.25) is 18.1 Å². The fourth-order valence-electron chi connectivity index (χ4n) is 3.28. The summed E-state index contributed by atoms with van der Waals surface area (Å²) < 4.78 is 11.7. The van der Waals surface area contributed by atoms with Gasteiger partial charge >= 0.3 is 6.09 Å². The molecule has 1 fully saturated rings. The van der Waals surface area contributed by atoms with Gasteiger partial charge in [-0.2, -0.15) is 0 Å². The van der Waals surface area contributed by atoms with E-state index in [0.29, 0.717) is 0 Å². The average Bonchev–Trinajstić information content (AvgIpc) is 2.61. The van der Waals surface area contributed by atoms with E-state index in [9.17, 15) is 9.59 Å². The van der Waals surface area contributed by atoms with E-state index in [2.05, 4.69) is 20.8 Å². The summed E-state index contributed by atoms with van der Waals surface area (Å²) in [5.74, 6) is -0.285. The van der Waals surface area contributed by atoms with Crippen molar-refractivity contribution in [3.63, 3.8) is 0 Å². The molecular weight excluding hydrogens is 334 g/mol. The first kappa shape index (κ1) is 19.7. The number of hydrogen-bond acceptors (Lipinski definition) is 4. The number of rotatable bonds is 7. The first-order chi connectivity index (χ1) is 11.9. The second kappa shape index (κ2) is 8.14. The fraction of sp³-hybridized carbons (Fsp3) is 0.579. The van der Waals surface area contributed by atoms with Crippen LogP contribution in [0.3, 0.4) is 0 Å². The highest BCUT2D eigenvalue weighted by Gasteiger charge is 2.55. The zero-order valence-corrected chi connectivity index (χ0v) is 16.8. The molecule has 0 aromatic heterocycles. The third-order valence-corrected chi connectivity index (χ3v) is 9.65. The van der Waals surface area contributed by atoms with Crippen LogP contribution in [0.4, 0.5) is 4.79 Å². The van der Waals surface area contributed by atoms with Crippen LogP contribution in [-0.2, 0) is 14.0 Å². The summed E-state index contributed by atoms with van der Waals surface area (Å²) in [7, 11) is -1.96. The number of carbonyl (C=O) groups excluding carboxylic acids is 2. The Hall–Kier alpha value is -1.66. The number of imide groups is 1. The molecule has 25 heavy (non-hydrogen) atoms. The normalized spacial score (nSPS) is 20.6. The van der Waals surface area contributed by atoms with Crippen molar-refractivity contribution in [2.45, 2.75) is 71.0 Å². The number of carbonyl (C=O) groups is 2. The van der Waals surface area contributed by atoms with Crippen molar-refractivity contribution in [3.05, 3.63) is 35.9 Å². The third-order valence-electron chi connectivity index (χ3n) is 5.03. The first-order valence-electron chi connectivity index (χ1n) is 9.15. The summed E-state index contributed by atoms with van der Waals surface area (Å²) in [5.41, 5.74) is 0.902. The van der Waals surface area contributed by atoms with Crippen molar-refractivity contribution in [2.75, 3.05) is 0 Å². The maximum atomic E-state index is 12.7. The van der Waals surface area contributed by atoms with Gasteiger partial charge in [-0.1, -0.05) is 51.1 Å². The Bertz CT molecular complexity index is 592. The second-order valence-corrected chi connectivity index (χ2v) is 11.5. The number of ether oxygens (including phenoxy) is 1. The van der Waals surface area contributed by atoms with Crippen molar-refractivity contribution >= 4 is 20.3 Å². The molecule has 6 heteroatoms. The predicted octanol–water partition coefficient (Wildman–Crippen LogP) is 4.51. The van der Waals surface area contributed by atoms with Crippen LogP contribution in [0.25, 0.3) is 0 Å². The lowest BCUT2D eigenvalue weighted by Crippen LogP contribution is -2.64. The summed E-state index contributed by atoms with van der Waals surface area (Å²) in [5, 5.41) is 0. The standard InChI is InChI=1S/C19H29NO4Si/c1-6-25(7-2,8-3)24-17-16(15-12-10-9-11-13-15)20(18(17)21)19(22)23-14(4)5/h9-14,16-17H,6-8H2,1-5H3. The van der Waals surface area contributed by atoms with E-state index in [0.717, 1.165) is 23.7 Å². The van der Waals surface area contributed by atoms with Gasteiger partial charge in [-0.15, -0.1) is 0 Å². The summed E-state index contributed by atoms with van der Waals surface area (Å²) in [4.78, 5) is 26.3. The molecule has 1 aromatic rings. The molecule has 5 nitrogen and oxygen atoms in total. The smallest absolute Gasteiger partial charge is 0.417 e. The molecule has 0 N–H and O–H groups in total. The van der Waals surface area contributed by atoms with Crippen molar-refractivity contribution in [3.8, 4) is 0 Å². The molecular formula is C19H29NO4Si. The molecule has 0 aliphatic carbocycles. The van der Waals surface area contributed by atoms with E-state index < -0.39 is 26.6 Å². The van der Waals surface area contributed by atoms with Gasteiger partial charge in [0.05, 0.1) is 6.10 Å². The van der Waals surface area contributed by atoms with Gasteiger partial charge in [-0.3, -0.25) is 4.79 Å². The molecule has 138 valence electrons. The van der Waals surface area contributed by atoms with Crippen molar-refractivity contribution in [1.82, 2.24) is 4.90 Å². The summed E-state index contributed by atoms with van der Waals surface area (Å²) in [6, 6.07) is 12.1. The van der Waals surface area contributed by atoms with E-state index in [1.807, 2.05) is 30.3 Å². The molecule has 2 rings (SSSR count). The lowest BCUT2D eigenvalue weighted by molar-refractivity contribution is -0.161. The molecule has 1 aromatic carbocycles. The summed E-state index contributed by atoms with van der Waals surface area (Å²) in [6.07, 6.45) is -1.45. The van der Waals surface area contributed by atoms with E-state index in [-0.39, 0.29) is 12.0 Å². The Morgan fingerprint density at radius 3 is 2.16 bits per heavy atom. The van der Waals surface area contributed by atoms with Gasteiger partial charge in [-0.05, 0) is 37.5 Å². The molecule has 1 heterocycles. The minimum atomic E-state index is -1.96. The SMILES string of the molecule is CC[Si](CC)(CC)OC1C(=O)N(C(=O)OC(C)C)C1c1ccccc1. The van der Waals surface area contributed by atoms with Crippen LogP contribution >= 0.6 is 0 Å². The molecule has 0 radical (unpaired) electrons. The Labute approximate surface area is 151 Å². The lowest BCUT2D eigenvalue weighted by Gasteiger charge is -2.48. The van der Waals surface area contributed by atoms with Gasteiger partial charge in [0.2, 0.25) is 0 Å². The Kier molecular flexibility index (Phi) is 6.40. The number of benzene rings is 1. The van der Waals surface area contributed by atoms with Gasteiger partial charge in [0, 0.05) is 0 Å². The molecule has 0 saturated carbocycles. The van der Waals surface area contributed by atoms with Crippen LogP contribution in [0.15, 0.2) is 30.3 Å². The molecule has 2 atom stereocenters. The monoisotopic (exact) mass is 363 g/mol. The number of nitrogens with zero attached hydrogens (tertiary/aromatic N) is 1. The first-order valence-corrected chi connectivity index (χ1v) is 11.7. The minimum Gasteiger partial charge on any atom is -0.446 e. The fourth-order valence-corrected chi connectivity index (χ4v) is 6.05. The van der Waals surface area contributed by atoms with Crippen LogP contribution < -0.4 is 0 Å². The van der Waals surface area contributed by atoms with E-state index in [1.165, 1.54) is 4.90 Å². The predicted molar refractivity (Wildman–Crippen MR) is 99.7 cm³/mol. The Morgan fingerprint density at radius 2 is 1.68 bits per heavy atom. The van der Waals surface area contributed by atoms with Gasteiger partial charge < -0.3 is 9.16 Å². The maximum absolute atomic E-state index is 12.7. The van der Waals surface area contributed by atoms with Crippen LogP contribution in [-0.4, -0.2) is 37.4 Å². The highest BCUT2D eigenvalue weighted by atomic mass is 28.4. The number of hydrogen-bond donors (Lipinski definition) is 0. The molecule has 0 bridgehead atoms. The molecule has 1 aliphatic heterocycles. The van der Waals surface area contributed by atoms with Gasteiger partial charge in [-0.25, -0.2) is 9.69 Å². The van der Waals surface area contributed by atoms with Crippen LogP contribution in [0, 0.1) is 0 Å². The van der Waals surface area contributed by atoms with Gasteiger partial charge in [0.25, 0.3) is 5.91 Å². The van der Waals surface area contributed by atoms with Crippen molar-refractivity contribution in [1.29, 1.82) is 0 Å². The topological polar surface area (TPSA) is 55.8 Å². The van der Waals surface area contributed by atoms with E-state index in [4.69, 9.17) is 9.16 Å². The minimum absolute atomic E-state index is 0.271. The molecule has 2 amide bonds. The number of likely N-dealkylation sites (tertiary alicyclic amines) is 1. The molecule has 0 spiro atoms. The van der Waals surface area contributed by atoms with Crippen LogP contribution in [0.5, 0.6) is 0 Å². The second-order valence-electron chi connectivity index (χ2n) is 6.78. The zero-order valence-electron chi connectivity index (χ0n) is 15.8. The Balaban J connectivity index is 2.30. The van der Waals surface area contributed by atoms with Gasteiger partial charge in [0.15, 0.2) is 14.4 Å². The quantitative estimate of drug-likeness (QED) is 0.528. The molecule has 1 saturated heterocycles. The molecule has 2 unspecified atom stereocenters.